The molecule has 0 saturated carbocycles. The predicted octanol–water partition coefficient (Wildman–Crippen LogP) is 7.20. The Morgan fingerprint density at radius 2 is 1.46 bits per heavy atom. The normalized spacial score (nSPS) is 15.8. The first-order chi connectivity index (χ1) is 12.1. The standard InChI is InChI=1S/C26H30/c1-25(2,3)20-12-11-18-13-19-14-23(17-9-7-8-10-17)24(26(4,5)6)16-22(19)21(18)15-20/h7-9,11-12,14-16H,10,13H2,1-6H3. The van der Waals surface area contributed by atoms with Gasteiger partial charge in [-0.2, -0.15) is 0 Å². The molecule has 2 aromatic carbocycles. The fraction of sp³-hybridized carbons (Fsp3) is 0.385. The highest BCUT2D eigenvalue weighted by Crippen LogP contribution is 2.44. The lowest BCUT2D eigenvalue weighted by atomic mass is 9.79. The second-order valence-corrected chi connectivity index (χ2v) is 9.93. The van der Waals surface area contributed by atoms with E-state index in [0.29, 0.717) is 0 Å². The number of fused-ring (bicyclic) bond motifs is 3. The molecule has 0 aliphatic heterocycles. The Balaban J connectivity index is 1.90. The molecule has 2 aliphatic rings. The SMILES string of the molecule is CC(C)(C)c1ccc2c(c1)-c1cc(C(C)(C)C)c(C3=CC=CC3)cc1C2. The number of benzene rings is 2. The summed E-state index contributed by atoms with van der Waals surface area (Å²) in [5.74, 6) is 0. The summed E-state index contributed by atoms with van der Waals surface area (Å²) >= 11 is 0. The summed E-state index contributed by atoms with van der Waals surface area (Å²) in [6.45, 7) is 13.9. The van der Waals surface area contributed by atoms with Crippen LogP contribution in [0.25, 0.3) is 16.7 Å². The van der Waals surface area contributed by atoms with E-state index < -0.39 is 0 Å². The Morgan fingerprint density at radius 3 is 2.08 bits per heavy atom. The van der Waals surface area contributed by atoms with Gasteiger partial charge in [-0.25, -0.2) is 0 Å². The van der Waals surface area contributed by atoms with Crippen molar-refractivity contribution >= 4 is 5.57 Å². The van der Waals surface area contributed by atoms with Crippen molar-refractivity contribution in [2.75, 3.05) is 0 Å². The molecule has 4 rings (SSSR count). The van der Waals surface area contributed by atoms with Crippen molar-refractivity contribution in [1.82, 2.24) is 0 Å². The van der Waals surface area contributed by atoms with Crippen LogP contribution in [0.2, 0.25) is 0 Å². The molecular formula is C26H30. The molecule has 0 amide bonds. The number of rotatable bonds is 1. The number of hydrogen-bond acceptors (Lipinski definition) is 0. The van der Waals surface area contributed by atoms with Gasteiger partial charge in [-0.3, -0.25) is 0 Å². The van der Waals surface area contributed by atoms with Crippen LogP contribution >= 0.6 is 0 Å². The van der Waals surface area contributed by atoms with E-state index in [-0.39, 0.29) is 10.8 Å². The summed E-state index contributed by atoms with van der Waals surface area (Å²) < 4.78 is 0. The van der Waals surface area contributed by atoms with Gasteiger partial charge >= 0.3 is 0 Å². The molecule has 26 heavy (non-hydrogen) atoms. The van der Waals surface area contributed by atoms with Gasteiger partial charge in [0, 0.05) is 0 Å². The van der Waals surface area contributed by atoms with Gasteiger partial charge in [-0.1, -0.05) is 84.0 Å². The van der Waals surface area contributed by atoms with E-state index >= 15 is 0 Å². The van der Waals surface area contributed by atoms with Gasteiger partial charge < -0.3 is 0 Å². The molecule has 0 radical (unpaired) electrons. The van der Waals surface area contributed by atoms with Gasteiger partial charge in [0.15, 0.2) is 0 Å². The predicted molar refractivity (Wildman–Crippen MR) is 114 cm³/mol. The lowest BCUT2D eigenvalue weighted by Crippen LogP contribution is -2.14. The fourth-order valence-electron chi connectivity index (χ4n) is 4.23. The number of hydrogen-bond donors (Lipinski definition) is 0. The Bertz CT molecular complexity index is 937. The molecule has 0 saturated heterocycles. The zero-order valence-corrected chi connectivity index (χ0v) is 17.0. The Labute approximate surface area is 158 Å². The highest BCUT2D eigenvalue weighted by molar-refractivity contribution is 5.83. The van der Waals surface area contributed by atoms with Crippen molar-refractivity contribution in [3.8, 4) is 11.1 Å². The molecule has 0 bridgehead atoms. The topological polar surface area (TPSA) is 0 Å². The van der Waals surface area contributed by atoms with Gasteiger partial charge in [0.1, 0.15) is 0 Å². The van der Waals surface area contributed by atoms with Crippen LogP contribution in [-0.4, -0.2) is 0 Å². The van der Waals surface area contributed by atoms with Crippen molar-refractivity contribution in [2.24, 2.45) is 0 Å². The molecule has 0 aromatic heterocycles. The van der Waals surface area contributed by atoms with E-state index in [1.165, 1.54) is 44.5 Å². The van der Waals surface area contributed by atoms with Gasteiger partial charge in [0.2, 0.25) is 0 Å². The maximum absolute atomic E-state index is 2.49. The minimum atomic E-state index is 0.137. The monoisotopic (exact) mass is 342 g/mol. The first-order valence-corrected chi connectivity index (χ1v) is 9.82. The third-order valence-corrected chi connectivity index (χ3v) is 5.82. The van der Waals surface area contributed by atoms with Crippen molar-refractivity contribution in [3.63, 3.8) is 0 Å². The largest absolute Gasteiger partial charge is 0.0801 e. The Kier molecular flexibility index (Phi) is 3.81. The Hall–Kier alpha value is -2.08. The molecular weight excluding hydrogens is 312 g/mol. The minimum Gasteiger partial charge on any atom is -0.0801 e. The van der Waals surface area contributed by atoms with Gasteiger partial charge in [0.05, 0.1) is 0 Å². The van der Waals surface area contributed by atoms with Crippen molar-refractivity contribution in [2.45, 2.75) is 65.2 Å². The van der Waals surface area contributed by atoms with Crippen molar-refractivity contribution < 1.29 is 0 Å². The molecule has 2 aliphatic carbocycles. The molecule has 0 fully saturated rings. The van der Waals surface area contributed by atoms with Crippen LogP contribution in [0.3, 0.4) is 0 Å². The first kappa shape index (κ1) is 17.3. The molecule has 134 valence electrons. The summed E-state index contributed by atoms with van der Waals surface area (Å²) in [6, 6.07) is 12.1. The van der Waals surface area contributed by atoms with Crippen LogP contribution in [0.4, 0.5) is 0 Å². The lowest BCUT2D eigenvalue weighted by molar-refractivity contribution is 0.588. The van der Waals surface area contributed by atoms with Crippen LogP contribution in [0.15, 0.2) is 48.6 Å². The van der Waals surface area contributed by atoms with E-state index in [9.17, 15) is 0 Å². The smallest absolute Gasteiger partial charge is 0.00132 e. The molecule has 0 heteroatoms. The maximum atomic E-state index is 2.49. The molecule has 0 unspecified atom stereocenters. The summed E-state index contributed by atoms with van der Waals surface area (Å²) in [4.78, 5) is 0. The van der Waals surface area contributed by atoms with Gasteiger partial charge in [0.25, 0.3) is 0 Å². The average Bonchev–Trinajstić information content (AvgIpc) is 3.18. The summed E-state index contributed by atoms with van der Waals surface area (Å²) in [6.07, 6.45) is 8.87. The van der Waals surface area contributed by atoms with E-state index in [0.717, 1.165) is 12.8 Å². The molecule has 0 spiro atoms. The second-order valence-electron chi connectivity index (χ2n) is 9.93. The van der Waals surface area contributed by atoms with E-state index in [1.807, 2.05) is 0 Å². The van der Waals surface area contributed by atoms with Crippen LogP contribution in [0.1, 0.15) is 75.8 Å². The van der Waals surface area contributed by atoms with Gasteiger partial charge in [-0.15, -0.1) is 0 Å². The van der Waals surface area contributed by atoms with Gasteiger partial charge in [-0.05, 0) is 74.3 Å². The third-order valence-electron chi connectivity index (χ3n) is 5.82. The lowest BCUT2D eigenvalue weighted by Gasteiger charge is -2.25. The zero-order chi connectivity index (χ0) is 18.7. The highest BCUT2D eigenvalue weighted by atomic mass is 14.3. The summed E-state index contributed by atoms with van der Waals surface area (Å²) in [5.41, 5.74) is 12.0. The van der Waals surface area contributed by atoms with E-state index in [1.54, 1.807) is 0 Å². The molecule has 0 heterocycles. The van der Waals surface area contributed by atoms with Crippen LogP contribution in [-0.2, 0) is 17.3 Å². The average molecular weight is 343 g/mol. The molecule has 2 aromatic rings. The first-order valence-electron chi connectivity index (χ1n) is 9.82. The second kappa shape index (κ2) is 5.71. The van der Waals surface area contributed by atoms with E-state index in [2.05, 4.69) is 90.1 Å². The van der Waals surface area contributed by atoms with Crippen molar-refractivity contribution in [1.29, 1.82) is 0 Å². The fourth-order valence-corrected chi connectivity index (χ4v) is 4.23. The molecule has 0 N–H and O–H groups in total. The number of allylic oxidation sites excluding steroid dienone is 4. The van der Waals surface area contributed by atoms with Crippen LogP contribution in [0.5, 0.6) is 0 Å². The third kappa shape index (κ3) is 2.86. The zero-order valence-electron chi connectivity index (χ0n) is 17.0. The van der Waals surface area contributed by atoms with Crippen LogP contribution in [0, 0.1) is 0 Å². The highest BCUT2D eigenvalue weighted by Gasteiger charge is 2.27. The van der Waals surface area contributed by atoms with Crippen LogP contribution < -0.4 is 0 Å². The summed E-state index contributed by atoms with van der Waals surface area (Å²) in [5, 5.41) is 0. The van der Waals surface area contributed by atoms with E-state index in [4.69, 9.17) is 0 Å². The van der Waals surface area contributed by atoms with Crippen molar-refractivity contribution in [3.05, 3.63) is 76.4 Å². The molecule has 0 nitrogen and oxygen atoms in total. The minimum absolute atomic E-state index is 0.137. The quantitative estimate of drug-likeness (QED) is 0.439. The summed E-state index contributed by atoms with van der Waals surface area (Å²) in [7, 11) is 0. The Morgan fingerprint density at radius 1 is 0.731 bits per heavy atom. The maximum Gasteiger partial charge on any atom is -0.00132 e. The molecule has 0 atom stereocenters.